The third-order valence-corrected chi connectivity index (χ3v) is 3.53. The predicted octanol–water partition coefficient (Wildman–Crippen LogP) is 3.06. The molecule has 2 aromatic heterocycles. The number of nitrogens with one attached hydrogen (secondary N) is 3. The molecule has 3 aromatic rings. The van der Waals surface area contributed by atoms with Crippen molar-refractivity contribution in [3.63, 3.8) is 0 Å². The molecule has 0 radical (unpaired) electrons. The van der Waals surface area contributed by atoms with E-state index in [1.165, 1.54) is 0 Å². The average Bonchev–Trinajstić information content (AvgIpc) is 3.04. The second-order valence-electron chi connectivity index (χ2n) is 5.32. The van der Waals surface area contributed by atoms with Gasteiger partial charge in [0.2, 0.25) is 0 Å². The Labute approximate surface area is 138 Å². The van der Waals surface area contributed by atoms with E-state index in [1.54, 1.807) is 36.7 Å². The van der Waals surface area contributed by atoms with Crippen LogP contribution in [-0.2, 0) is 0 Å². The highest BCUT2D eigenvalue weighted by atomic mass is 16.3. The van der Waals surface area contributed by atoms with Crippen molar-refractivity contribution in [3.05, 3.63) is 60.4 Å². The first-order valence-corrected chi connectivity index (χ1v) is 7.44. The monoisotopic (exact) mass is 323 g/mol. The van der Waals surface area contributed by atoms with Crippen LogP contribution in [0.25, 0.3) is 11.3 Å². The molecular formula is C17H17N5O2. The maximum absolute atomic E-state index is 12.1. The Morgan fingerprint density at radius 1 is 1.21 bits per heavy atom. The number of phenols is 1. The fraction of sp³-hybridized carbons (Fsp3) is 0.118. The highest BCUT2D eigenvalue weighted by Crippen LogP contribution is 2.20. The second kappa shape index (κ2) is 6.82. The van der Waals surface area contributed by atoms with E-state index in [9.17, 15) is 9.90 Å². The Bertz CT molecular complexity index is 832. The van der Waals surface area contributed by atoms with Crippen LogP contribution in [0.2, 0.25) is 0 Å². The van der Waals surface area contributed by atoms with Gasteiger partial charge in [0.25, 0.3) is 0 Å². The first-order valence-electron chi connectivity index (χ1n) is 7.44. The van der Waals surface area contributed by atoms with Crippen molar-refractivity contribution in [2.75, 3.05) is 5.32 Å². The van der Waals surface area contributed by atoms with Crippen molar-refractivity contribution < 1.29 is 9.90 Å². The zero-order chi connectivity index (χ0) is 16.9. The van der Waals surface area contributed by atoms with Crippen molar-refractivity contribution in [1.82, 2.24) is 20.5 Å². The average molecular weight is 323 g/mol. The fourth-order valence-electron chi connectivity index (χ4n) is 2.29. The van der Waals surface area contributed by atoms with Gasteiger partial charge in [-0.1, -0.05) is 12.1 Å². The number of benzene rings is 1. The van der Waals surface area contributed by atoms with Gasteiger partial charge in [-0.2, -0.15) is 5.10 Å². The molecule has 0 aliphatic heterocycles. The number of aromatic nitrogens is 3. The van der Waals surface area contributed by atoms with Crippen molar-refractivity contribution in [2.24, 2.45) is 0 Å². The van der Waals surface area contributed by atoms with Gasteiger partial charge in [-0.3, -0.25) is 15.4 Å². The minimum atomic E-state index is -0.376. The van der Waals surface area contributed by atoms with Gasteiger partial charge in [0, 0.05) is 24.0 Å². The largest absolute Gasteiger partial charge is 0.508 e. The number of nitrogens with zero attached hydrogens (tertiary/aromatic N) is 2. The lowest BCUT2D eigenvalue weighted by Gasteiger charge is -2.14. The minimum absolute atomic E-state index is 0.163. The maximum Gasteiger partial charge on any atom is 0.320 e. The van der Waals surface area contributed by atoms with E-state index in [0.717, 1.165) is 16.8 Å². The number of phenolic OH excluding ortho intramolecular Hbond substituents is 1. The zero-order valence-electron chi connectivity index (χ0n) is 13.0. The van der Waals surface area contributed by atoms with Crippen LogP contribution in [0.15, 0.2) is 54.9 Å². The zero-order valence-corrected chi connectivity index (χ0v) is 13.0. The topological polar surface area (TPSA) is 103 Å². The van der Waals surface area contributed by atoms with E-state index in [-0.39, 0.29) is 17.8 Å². The van der Waals surface area contributed by atoms with E-state index >= 15 is 0 Å². The van der Waals surface area contributed by atoms with E-state index in [1.807, 2.05) is 25.1 Å². The molecular weight excluding hydrogens is 306 g/mol. The molecule has 0 saturated carbocycles. The number of rotatable bonds is 4. The maximum atomic E-state index is 12.1. The molecule has 1 unspecified atom stereocenters. The smallest absolute Gasteiger partial charge is 0.320 e. The van der Waals surface area contributed by atoms with Gasteiger partial charge in [-0.25, -0.2) is 4.79 Å². The van der Waals surface area contributed by atoms with Crippen LogP contribution in [0.3, 0.4) is 0 Å². The number of aromatic amines is 1. The number of aromatic hydroxyl groups is 1. The fourth-order valence-corrected chi connectivity index (χ4v) is 2.29. The molecule has 0 fully saturated rings. The number of hydrogen-bond donors (Lipinski definition) is 4. The Balaban J connectivity index is 1.62. The molecule has 2 heterocycles. The number of H-pyrrole nitrogens is 1. The highest BCUT2D eigenvalue weighted by Gasteiger charge is 2.12. The van der Waals surface area contributed by atoms with Gasteiger partial charge in [-0.15, -0.1) is 0 Å². The van der Waals surface area contributed by atoms with Gasteiger partial charge < -0.3 is 10.4 Å². The summed E-state index contributed by atoms with van der Waals surface area (Å²) in [4.78, 5) is 16.0. The Kier molecular flexibility index (Phi) is 4.42. The van der Waals surface area contributed by atoms with E-state index in [4.69, 9.17) is 0 Å². The van der Waals surface area contributed by atoms with E-state index in [2.05, 4.69) is 25.8 Å². The van der Waals surface area contributed by atoms with Crippen LogP contribution in [0.4, 0.5) is 10.6 Å². The molecule has 0 aliphatic carbocycles. The molecule has 0 spiro atoms. The number of carbonyl (C=O) groups excluding carboxylic acids is 1. The molecule has 24 heavy (non-hydrogen) atoms. The molecule has 122 valence electrons. The lowest BCUT2D eigenvalue weighted by atomic mass is 10.1. The number of hydrogen-bond acceptors (Lipinski definition) is 4. The van der Waals surface area contributed by atoms with Gasteiger partial charge in [0.1, 0.15) is 5.75 Å². The number of amides is 2. The lowest BCUT2D eigenvalue weighted by molar-refractivity contribution is 0.249. The number of urea groups is 1. The molecule has 0 bridgehead atoms. The van der Waals surface area contributed by atoms with Crippen LogP contribution in [0.5, 0.6) is 5.75 Å². The summed E-state index contributed by atoms with van der Waals surface area (Å²) in [6.45, 7) is 1.83. The summed E-state index contributed by atoms with van der Waals surface area (Å²) >= 11 is 0. The van der Waals surface area contributed by atoms with Crippen LogP contribution < -0.4 is 10.6 Å². The molecule has 7 nitrogen and oxygen atoms in total. The lowest BCUT2D eigenvalue weighted by Crippen LogP contribution is -2.31. The van der Waals surface area contributed by atoms with Crippen LogP contribution in [-0.4, -0.2) is 26.3 Å². The van der Waals surface area contributed by atoms with E-state index in [0.29, 0.717) is 5.82 Å². The van der Waals surface area contributed by atoms with Crippen molar-refractivity contribution in [1.29, 1.82) is 0 Å². The molecule has 3 rings (SSSR count). The molecule has 1 aromatic carbocycles. The van der Waals surface area contributed by atoms with Gasteiger partial charge in [-0.05, 0) is 36.8 Å². The Hall–Kier alpha value is -3.35. The SMILES string of the molecule is CC(NC(=O)Nc1cc(-c2ccncc2)[nH]n1)c1cccc(O)c1. The van der Waals surface area contributed by atoms with Crippen LogP contribution in [0.1, 0.15) is 18.5 Å². The minimum Gasteiger partial charge on any atom is -0.508 e. The molecule has 4 N–H and O–H groups in total. The molecule has 0 aliphatic rings. The third kappa shape index (κ3) is 3.70. The standard InChI is InChI=1S/C17H17N5O2/c1-11(13-3-2-4-14(23)9-13)19-17(24)20-16-10-15(21-22-16)12-5-7-18-8-6-12/h2-11,23H,1H3,(H3,19,20,21,22,24). The van der Waals surface area contributed by atoms with E-state index < -0.39 is 0 Å². The summed E-state index contributed by atoms with van der Waals surface area (Å²) in [7, 11) is 0. The summed E-state index contributed by atoms with van der Waals surface area (Å²) in [5.41, 5.74) is 2.53. The second-order valence-corrected chi connectivity index (χ2v) is 5.32. The number of carbonyl (C=O) groups is 1. The molecule has 0 saturated heterocycles. The summed E-state index contributed by atoms with van der Waals surface area (Å²) in [6.07, 6.45) is 3.37. The predicted molar refractivity (Wildman–Crippen MR) is 90.5 cm³/mol. The number of anilines is 1. The molecule has 2 amide bonds. The Morgan fingerprint density at radius 3 is 2.75 bits per heavy atom. The number of pyridine rings is 1. The quantitative estimate of drug-likeness (QED) is 0.592. The van der Waals surface area contributed by atoms with Gasteiger partial charge >= 0.3 is 6.03 Å². The highest BCUT2D eigenvalue weighted by molar-refractivity contribution is 5.89. The van der Waals surface area contributed by atoms with Crippen molar-refractivity contribution >= 4 is 11.8 Å². The summed E-state index contributed by atoms with van der Waals surface area (Å²) < 4.78 is 0. The third-order valence-electron chi connectivity index (χ3n) is 3.53. The molecule has 7 heteroatoms. The first-order chi connectivity index (χ1) is 11.6. The summed E-state index contributed by atoms with van der Waals surface area (Å²) in [5.74, 6) is 0.582. The summed E-state index contributed by atoms with van der Waals surface area (Å²) in [5, 5.41) is 21.9. The Morgan fingerprint density at radius 2 is 2.00 bits per heavy atom. The van der Waals surface area contributed by atoms with Crippen molar-refractivity contribution in [3.8, 4) is 17.0 Å². The van der Waals surface area contributed by atoms with Crippen molar-refractivity contribution in [2.45, 2.75) is 13.0 Å². The van der Waals surface area contributed by atoms with Crippen LogP contribution >= 0.6 is 0 Å². The van der Waals surface area contributed by atoms with Gasteiger partial charge in [0.05, 0.1) is 11.7 Å². The van der Waals surface area contributed by atoms with Crippen LogP contribution in [0, 0.1) is 0 Å². The normalized spacial score (nSPS) is 11.7. The molecule has 1 atom stereocenters. The summed E-state index contributed by atoms with van der Waals surface area (Å²) in [6, 6.07) is 11.6. The van der Waals surface area contributed by atoms with Gasteiger partial charge in [0.15, 0.2) is 5.82 Å². The first kappa shape index (κ1) is 15.5.